The summed E-state index contributed by atoms with van der Waals surface area (Å²) in [5.41, 5.74) is 2.69. The van der Waals surface area contributed by atoms with E-state index in [4.69, 9.17) is 0 Å². The van der Waals surface area contributed by atoms with E-state index in [2.05, 4.69) is 95.4 Å². The van der Waals surface area contributed by atoms with Crippen LogP contribution in [0.5, 0.6) is 0 Å². The zero-order valence-corrected chi connectivity index (χ0v) is 14.8. The van der Waals surface area contributed by atoms with E-state index >= 15 is 0 Å². The lowest BCUT2D eigenvalue weighted by atomic mass is 10.2. The Balaban J connectivity index is 2.25. The second-order valence-corrected chi connectivity index (χ2v) is 7.40. The van der Waals surface area contributed by atoms with Crippen molar-refractivity contribution in [2.24, 2.45) is 0 Å². The molecule has 2 aromatic carbocycles. The smallest absolute Gasteiger partial charge is 0.0160 e. The summed E-state index contributed by atoms with van der Waals surface area (Å²) in [4.78, 5) is 2.62. The van der Waals surface area contributed by atoms with Crippen LogP contribution in [0.1, 0.15) is 11.1 Å². The third-order valence-electron chi connectivity index (χ3n) is 2.49. The van der Waals surface area contributed by atoms with Crippen molar-refractivity contribution in [3.63, 3.8) is 0 Å². The van der Waals surface area contributed by atoms with Gasteiger partial charge in [0.05, 0.1) is 0 Å². The maximum absolute atomic E-state index is 2.37. The number of benzene rings is 2. The second-order valence-electron chi connectivity index (χ2n) is 3.92. The summed E-state index contributed by atoms with van der Waals surface area (Å²) in [5, 5.41) is 0. The highest BCUT2D eigenvalue weighted by Crippen LogP contribution is 2.30. The molecular weight excluding hydrogens is 454 g/mol. The predicted molar refractivity (Wildman–Crippen MR) is 91.9 cm³/mol. The summed E-state index contributed by atoms with van der Waals surface area (Å²) >= 11 is 6.57. The minimum atomic E-state index is 1.31. The fourth-order valence-corrected chi connectivity index (χ4v) is 3.18. The van der Waals surface area contributed by atoms with Gasteiger partial charge in [-0.25, -0.2) is 0 Å². The van der Waals surface area contributed by atoms with Crippen molar-refractivity contribution in [2.45, 2.75) is 23.6 Å². The molecule has 0 amide bonds. The van der Waals surface area contributed by atoms with Crippen LogP contribution in [-0.4, -0.2) is 0 Å². The summed E-state index contributed by atoms with van der Waals surface area (Å²) < 4.78 is 2.65. The van der Waals surface area contributed by atoms with E-state index in [1.165, 1.54) is 28.1 Å². The Morgan fingerprint density at radius 2 is 1.18 bits per heavy atom. The van der Waals surface area contributed by atoms with Gasteiger partial charge >= 0.3 is 0 Å². The van der Waals surface area contributed by atoms with Gasteiger partial charge in [-0.2, -0.15) is 0 Å². The molecule has 0 heterocycles. The standard InChI is InChI=1S/C14H12I2S/c1-9-7-11(3-5-13(9)15)17-12-4-6-14(16)10(2)8-12/h3-8H,1-2H3. The average Bonchev–Trinajstić information content (AvgIpc) is 2.29. The molecule has 2 rings (SSSR count). The first-order valence-electron chi connectivity index (χ1n) is 5.26. The second kappa shape index (κ2) is 5.93. The number of hydrogen-bond donors (Lipinski definition) is 0. The highest BCUT2D eigenvalue weighted by Gasteiger charge is 2.02. The molecule has 0 aliphatic carbocycles. The van der Waals surface area contributed by atoms with Crippen LogP contribution in [-0.2, 0) is 0 Å². The molecule has 3 heteroatoms. The number of rotatable bonds is 2. The van der Waals surface area contributed by atoms with E-state index in [1.54, 1.807) is 0 Å². The molecule has 0 nitrogen and oxygen atoms in total. The molecule has 0 N–H and O–H groups in total. The van der Waals surface area contributed by atoms with Crippen LogP contribution in [0.25, 0.3) is 0 Å². The van der Waals surface area contributed by atoms with E-state index in [1.807, 2.05) is 11.8 Å². The quantitative estimate of drug-likeness (QED) is 0.515. The summed E-state index contributed by atoms with van der Waals surface area (Å²) in [6.07, 6.45) is 0. The lowest BCUT2D eigenvalue weighted by Crippen LogP contribution is -1.83. The number of aryl methyl sites for hydroxylation is 2. The molecule has 0 aliphatic heterocycles. The van der Waals surface area contributed by atoms with E-state index < -0.39 is 0 Å². The average molecular weight is 466 g/mol. The molecule has 2 aromatic rings. The maximum atomic E-state index is 2.37. The first kappa shape index (κ1) is 13.7. The van der Waals surface area contributed by atoms with E-state index in [0.29, 0.717) is 0 Å². The van der Waals surface area contributed by atoms with Crippen LogP contribution in [0.4, 0.5) is 0 Å². The van der Waals surface area contributed by atoms with Crippen molar-refractivity contribution in [3.8, 4) is 0 Å². The molecule has 0 fully saturated rings. The molecule has 0 aromatic heterocycles. The van der Waals surface area contributed by atoms with Crippen LogP contribution >= 0.6 is 56.9 Å². The van der Waals surface area contributed by atoms with Crippen LogP contribution in [0.2, 0.25) is 0 Å². The van der Waals surface area contributed by atoms with Crippen molar-refractivity contribution in [3.05, 3.63) is 54.7 Å². The van der Waals surface area contributed by atoms with Crippen molar-refractivity contribution in [1.29, 1.82) is 0 Å². The molecular formula is C14H12I2S. The first-order valence-corrected chi connectivity index (χ1v) is 8.24. The van der Waals surface area contributed by atoms with E-state index in [9.17, 15) is 0 Å². The Morgan fingerprint density at radius 3 is 1.53 bits per heavy atom. The zero-order chi connectivity index (χ0) is 12.4. The fourth-order valence-electron chi connectivity index (χ4n) is 1.50. The Bertz CT molecular complexity index is 500. The largest absolute Gasteiger partial charge is 0.0901 e. The molecule has 0 bridgehead atoms. The van der Waals surface area contributed by atoms with Crippen molar-refractivity contribution in [2.75, 3.05) is 0 Å². The van der Waals surface area contributed by atoms with Crippen molar-refractivity contribution >= 4 is 56.9 Å². The van der Waals surface area contributed by atoms with Gasteiger partial charge in [0.1, 0.15) is 0 Å². The molecule has 0 radical (unpaired) electrons. The lowest BCUT2D eigenvalue weighted by Gasteiger charge is -2.06. The topological polar surface area (TPSA) is 0 Å². The van der Waals surface area contributed by atoms with Crippen LogP contribution < -0.4 is 0 Å². The van der Waals surface area contributed by atoms with Crippen LogP contribution in [0, 0.1) is 21.0 Å². The zero-order valence-electron chi connectivity index (χ0n) is 9.63. The molecule has 0 atom stereocenters. The van der Waals surface area contributed by atoms with Gasteiger partial charge in [0.25, 0.3) is 0 Å². The predicted octanol–water partition coefficient (Wildman–Crippen LogP) is 5.66. The van der Waals surface area contributed by atoms with Gasteiger partial charge < -0.3 is 0 Å². The summed E-state index contributed by atoms with van der Waals surface area (Å²) in [6, 6.07) is 13.2. The summed E-state index contributed by atoms with van der Waals surface area (Å²) in [5.74, 6) is 0. The third-order valence-corrected chi connectivity index (χ3v) is 5.89. The van der Waals surface area contributed by atoms with E-state index in [-0.39, 0.29) is 0 Å². The van der Waals surface area contributed by atoms with Gasteiger partial charge in [-0.05, 0) is 107 Å². The SMILES string of the molecule is Cc1cc(Sc2ccc(I)c(C)c2)ccc1I. The monoisotopic (exact) mass is 466 g/mol. The highest BCUT2D eigenvalue weighted by molar-refractivity contribution is 14.1. The first-order chi connectivity index (χ1) is 8.06. The normalized spacial score (nSPS) is 10.6. The maximum Gasteiger partial charge on any atom is 0.0160 e. The minimum absolute atomic E-state index is 1.31. The molecule has 88 valence electrons. The number of hydrogen-bond acceptors (Lipinski definition) is 1. The Kier molecular flexibility index (Phi) is 4.77. The third kappa shape index (κ3) is 3.61. The van der Waals surface area contributed by atoms with Gasteiger partial charge in [-0.1, -0.05) is 11.8 Å². The van der Waals surface area contributed by atoms with Crippen LogP contribution in [0.3, 0.4) is 0 Å². The lowest BCUT2D eigenvalue weighted by molar-refractivity contribution is 1.30. The Labute approximate surface area is 134 Å². The summed E-state index contributed by atoms with van der Waals surface area (Å²) in [7, 11) is 0. The molecule has 0 spiro atoms. The Hall–Kier alpha value is 0.250. The summed E-state index contributed by atoms with van der Waals surface area (Å²) in [6.45, 7) is 4.32. The Morgan fingerprint density at radius 1 is 0.765 bits per heavy atom. The van der Waals surface area contributed by atoms with Crippen molar-refractivity contribution < 1.29 is 0 Å². The molecule has 0 unspecified atom stereocenters. The highest BCUT2D eigenvalue weighted by atomic mass is 127. The van der Waals surface area contributed by atoms with Gasteiger partial charge in [0.15, 0.2) is 0 Å². The fraction of sp³-hybridized carbons (Fsp3) is 0.143. The molecule has 0 saturated carbocycles. The van der Waals surface area contributed by atoms with Crippen LogP contribution in [0.15, 0.2) is 46.2 Å². The number of halogens is 2. The molecule has 17 heavy (non-hydrogen) atoms. The minimum Gasteiger partial charge on any atom is -0.0901 e. The van der Waals surface area contributed by atoms with Gasteiger partial charge in [0.2, 0.25) is 0 Å². The van der Waals surface area contributed by atoms with E-state index in [0.717, 1.165) is 0 Å². The van der Waals surface area contributed by atoms with Gasteiger partial charge in [-0.15, -0.1) is 0 Å². The van der Waals surface area contributed by atoms with Gasteiger partial charge in [0, 0.05) is 16.9 Å². The van der Waals surface area contributed by atoms with Gasteiger partial charge in [-0.3, -0.25) is 0 Å². The molecule has 0 aliphatic rings. The van der Waals surface area contributed by atoms with Crippen molar-refractivity contribution in [1.82, 2.24) is 0 Å². The molecule has 0 saturated heterocycles.